The molecule has 1 amide bonds. The summed E-state index contributed by atoms with van der Waals surface area (Å²) in [5.41, 5.74) is -0.821. The first-order valence-corrected chi connectivity index (χ1v) is 3.98. The fourth-order valence-corrected chi connectivity index (χ4v) is 0.955. The monoisotopic (exact) mass is 174 g/mol. The number of amides is 1. The van der Waals surface area contributed by atoms with Crippen LogP contribution >= 0.6 is 0 Å². The Kier molecular flexibility index (Phi) is 4.20. The van der Waals surface area contributed by atoms with Gasteiger partial charge in [-0.05, 0) is 20.9 Å². The summed E-state index contributed by atoms with van der Waals surface area (Å²) in [6, 6.07) is 0. The minimum Gasteiger partial charge on any atom is -0.389 e. The third kappa shape index (κ3) is 5.09. The molecule has 0 saturated carbocycles. The Labute approximate surface area is 73.6 Å². The third-order valence-corrected chi connectivity index (χ3v) is 1.38. The van der Waals surface area contributed by atoms with E-state index in [1.165, 1.54) is 4.90 Å². The highest BCUT2D eigenvalue weighted by Gasteiger charge is 2.18. The van der Waals surface area contributed by atoms with Crippen LogP contribution in [-0.4, -0.2) is 48.7 Å². The maximum atomic E-state index is 11.2. The maximum absolute atomic E-state index is 11.2. The predicted molar refractivity (Wildman–Crippen MR) is 47.9 cm³/mol. The largest absolute Gasteiger partial charge is 0.389 e. The van der Waals surface area contributed by atoms with Crippen LogP contribution in [0.5, 0.6) is 0 Å². The highest BCUT2D eigenvalue weighted by Crippen LogP contribution is 2.02. The Morgan fingerprint density at radius 2 is 2.08 bits per heavy atom. The Morgan fingerprint density at radius 3 is 2.42 bits per heavy atom. The molecule has 12 heavy (non-hydrogen) atoms. The van der Waals surface area contributed by atoms with Gasteiger partial charge in [0.2, 0.25) is 5.91 Å². The van der Waals surface area contributed by atoms with Gasteiger partial charge in [-0.1, -0.05) is 0 Å². The number of aliphatic hydroxyl groups is 1. The molecule has 0 saturated heterocycles. The quantitative estimate of drug-likeness (QED) is 0.600. The lowest BCUT2D eigenvalue weighted by atomic mass is 10.1. The van der Waals surface area contributed by atoms with Gasteiger partial charge >= 0.3 is 0 Å². The summed E-state index contributed by atoms with van der Waals surface area (Å²) in [6.45, 7) is 4.02. The lowest BCUT2D eigenvalue weighted by Crippen LogP contribution is -2.42. The molecule has 0 spiro atoms. The lowest BCUT2D eigenvalue weighted by molar-refractivity contribution is -0.131. The number of nitrogens with zero attached hydrogens (tertiary/aromatic N) is 1. The van der Waals surface area contributed by atoms with Gasteiger partial charge in [-0.15, -0.1) is 0 Å². The zero-order valence-corrected chi connectivity index (χ0v) is 8.22. The first-order valence-electron chi connectivity index (χ1n) is 3.98. The molecule has 0 fully saturated rings. The molecule has 4 nitrogen and oxygen atoms in total. The molecule has 0 bridgehead atoms. The van der Waals surface area contributed by atoms with Crippen molar-refractivity contribution in [2.45, 2.75) is 19.4 Å². The second-order valence-electron chi connectivity index (χ2n) is 3.59. The van der Waals surface area contributed by atoms with Crippen LogP contribution in [0.2, 0.25) is 0 Å². The van der Waals surface area contributed by atoms with E-state index < -0.39 is 5.60 Å². The van der Waals surface area contributed by atoms with E-state index in [1.807, 2.05) is 0 Å². The van der Waals surface area contributed by atoms with Crippen LogP contribution in [-0.2, 0) is 4.79 Å². The number of carbonyl (C=O) groups is 1. The van der Waals surface area contributed by atoms with Crippen LogP contribution in [0.25, 0.3) is 0 Å². The van der Waals surface area contributed by atoms with Crippen LogP contribution in [0.15, 0.2) is 0 Å². The van der Waals surface area contributed by atoms with Crippen molar-refractivity contribution in [2.24, 2.45) is 0 Å². The molecule has 4 heteroatoms. The van der Waals surface area contributed by atoms with E-state index in [-0.39, 0.29) is 5.91 Å². The number of hydrogen-bond donors (Lipinski definition) is 2. The van der Waals surface area contributed by atoms with Crippen molar-refractivity contribution in [1.29, 1.82) is 0 Å². The van der Waals surface area contributed by atoms with Gasteiger partial charge in [0.1, 0.15) is 0 Å². The van der Waals surface area contributed by atoms with Crippen molar-refractivity contribution in [3.8, 4) is 0 Å². The van der Waals surface area contributed by atoms with Gasteiger partial charge in [0.15, 0.2) is 0 Å². The molecule has 0 aliphatic heterocycles. The molecule has 0 aromatic heterocycles. The van der Waals surface area contributed by atoms with Crippen molar-refractivity contribution >= 4 is 5.91 Å². The second kappa shape index (κ2) is 4.42. The summed E-state index contributed by atoms with van der Waals surface area (Å²) < 4.78 is 0. The van der Waals surface area contributed by atoms with Crippen LogP contribution in [0.1, 0.15) is 13.8 Å². The van der Waals surface area contributed by atoms with Gasteiger partial charge in [0.25, 0.3) is 0 Å². The highest BCUT2D eigenvalue weighted by molar-refractivity contribution is 5.77. The van der Waals surface area contributed by atoms with Crippen molar-refractivity contribution < 1.29 is 9.90 Å². The number of likely N-dealkylation sites (N-methyl/N-ethyl adjacent to an activating group) is 2. The van der Waals surface area contributed by atoms with Gasteiger partial charge in [0.05, 0.1) is 12.1 Å². The van der Waals surface area contributed by atoms with E-state index in [1.54, 1.807) is 27.9 Å². The van der Waals surface area contributed by atoms with E-state index in [4.69, 9.17) is 0 Å². The van der Waals surface area contributed by atoms with Crippen molar-refractivity contribution in [3.05, 3.63) is 0 Å². The fourth-order valence-electron chi connectivity index (χ4n) is 0.955. The highest BCUT2D eigenvalue weighted by atomic mass is 16.3. The van der Waals surface area contributed by atoms with Crippen molar-refractivity contribution in [3.63, 3.8) is 0 Å². The Hall–Kier alpha value is -0.610. The molecule has 0 aliphatic rings. The molecule has 72 valence electrons. The number of carbonyl (C=O) groups excluding carboxylic acids is 1. The SMILES string of the molecule is CNCC(=O)N(C)CC(C)(C)O. The standard InChI is InChI=1S/C8H18N2O2/c1-8(2,12)6-10(4)7(11)5-9-3/h9,12H,5-6H2,1-4H3. The van der Waals surface area contributed by atoms with Gasteiger partial charge in [-0.3, -0.25) is 4.79 Å². The van der Waals surface area contributed by atoms with Crippen LogP contribution in [0, 0.1) is 0 Å². The Bertz CT molecular complexity index is 152. The Morgan fingerprint density at radius 1 is 1.58 bits per heavy atom. The molecule has 0 rings (SSSR count). The second-order valence-corrected chi connectivity index (χ2v) is 3.59. The van der Waals surface area contributed by atoms with Crippen molar-refractivity contribution in [1.82, 2.24) is 10.2 Å². The smallest absolute Gasteiger partial charge is 0.236 e. The maximum Gasteiger partial charge on any atom is 0.236 e. The lowest BCUT2D eigenvalue weighted by Gasteiger charge is -2.25. The summed E-state index contributed by atoms with van der Waals surface area (Å²) in [5.74, 6) is -0.0142. The van der Waals surface area contributed by atoms with Crippen LogP contribution in [0.4, 0.5) is 0 Å². The molecule has 0 atom stereocenters. The van der Waals surface area contributed by atoms with Gasteiger partial charge in [-0.25, -0.2) is 0 Å². The summed E-state index contributed by atoms with van der Waals surface area (Å²) in [7, 11) is 3.40. The number of nitrogens with one attached hydrogen (secondary N) is 1. The average molecular weight is 174 g/mol. The first-order chi connectivity index (χ1) is 5.37. The molecule has 0 aromatic rings. The minimum atomic E-state index is -0.821. The van der Waals surface area contributed by atoms with Crippen LogP contribution in [0.3, 0.4) is 0 Å². The summed E-state index contributed by atoms with van der Waals surface area (Å²) in [5, 5.41) is 12.2. The molecule has 0 radical (unpaired) electrons. The molecule has 2 N–H and O–H groups in total. The zero-order chi connectivity index (χ0) is 9.78. The van der Waals surface area contributed by atoms with E-state index in [0.717, 1.165) is 0 Å². The van der Waals surface area contributed by atoms with Crippen molar-refractivity contribution in [2.75, 3.05) is 27.2 Å². The van der Waals surface area contributed by atoms with Gasteiger partial charge in [-0.2, -0.15) is 0 Å². The predicted octanol–water partition coefficient (Wildman–Crippen LogP) is -0.565. The average Bonchev–Trinajstić information content (AvgIpc) is 1.84. The molecular weight excluding hydrogens is 156 g/mol. The van der Waals surface area contributed by atoms with E-state index in [2.05, 4.69) is 5.32 Å². The topological polar surface area (TPSA) is 52.6 Å². The third-order valence-electron chi connectivity index (χ3n) is 1.38. The molecule has 0 unspecified atom stereocenters. The summed E-state index contributed by atoms with van der Waals surface area (Å²) in [6.07, 6.45) is 0. The molecule has 0 aromatic carbocycles. The minimum absolute atomic E-state index is 0.0142. The number of hydrogen-bond acceptors (Lipinski definition) is 3. The van der Waals surface area contributed by atoms with E-state index >= 15 is 0 Å². The Balaban J connectivity index is 3.87. The molecular formula is C8H18N2O2. The normalized spacial score (nSPS) is 11.4. The fraction of sp³-hybridized carbons (Fsp3) is 0.875. The zero-order valence-electron chi connectivity index (χ0n) is 8.22. The summed E-state index contributed by atoms with van der Waals surface area (Å²) in [4.78, 5) is 12.7. The van der Waals surface area contributed by atoms with E-state index in [9.17, 15) is 9.90 Å². The van der Waals surface area contributed by atoms with Crippen LogP contribution < -0.4 is 5.32 Å². The van der Waals surface area contributed by atoms with Gasteiger partial charge < -0.3 is 15.3 Å². The van der Waals surface area contributed by atoms with Gasteiger partial charge in [0, 0.05) is 13.6 Å². The molecule has 0 heterocycles. The summed E-state index contributed by atoms with van der Waals surface area (Å²) >= 11 is 0. The number of rotatable bonds is 4. The van der Waals surface area contributed by atoms with E-state index in [0.29, 0.717) is 13.1 Å². The molecule has 0 aliphatic carbocycles. The first kappa shape index (κ1) is 11.4.